The Morgan fingerprint density at radius 3 is 2.10 bits per heavy atom. The number of nitrogens with zero attached hydrogens (tertiary/aromatic N) is 2. The molecule has 0 aliphatic heterocycles. The Kier molecular flexibility index (Phi) is 12.3. The highest BCUT2D eigenvalue weighted by atomic mass is 79.9. The number of amides is 2. The fraction of sp³-hybridized carbons (Fsp3) is 0.297. The van der Waals surface area contributed by atoms with Gasteiger partial charge < -0.3 is 10.2 Å². The van der Waals surface area contributed by atoms with E-state index >= 15 is 0 Å². The Labute approximate surface area is 303 Å². The Bertz CT molecular complexity index is 1880. The number of anilines is 1. The lowest BCUT2D eigenvalue weighted by atomic mass is 9.94. The maximum Gasteiger partial charge on any atom is 0.416 e. The average Bonchev–Trinajstić information content (AvgIpc) is 3.10. The minimum atomic E-state index is -4.82. The molecule has 0 aromatic heterocycles. The van der Waals surface area contributed by atoms with Crippen molar-refractivity contribution in [3.63, 3.8) is 0 Å². The fourth-order valence-electron chi connectivity index (χ4n) is 6.00. The SMILES string of the molecule is O=C(NC1CCCCC1)C(Cc1ccccc1)N(Cc1ccc(Br)cc1)C(=O)CN(c1cc(C(F)(F)F)ccc1Cl)S(=O)(=O)c1ccccc1. The van der Waals surface area contributed by atoms with Gasteiger partial charge in [-0.3, -0.25) is 13.9 Å². The molecule has 50 heavy (non-hydrogen) atoms. The van der Waals surface area contributed by atoms with Gasteiger partial charge in [0.05, 0.1) is 21.2 Å². The summed E-state index contributed by atoms with van der Waals surface area (Å²) in [6.07, 6.45) is -0.144. The molecular formula is C37H36BrClF3N3O4S. The number of nitrogens with one attached hydrogen (secondary N) is 1. The largest absolute Gasteiger partial charge is 0.416 e. The van der Waals surface area contributed by atoms with Crippen LogP contribution in [0.15, 0.2) is 112 Å². The molecule has 1 aliphatic rings. The maximum atomic E-state index is 14.7. The van der Waals surface area contributed by atoms with Crippen molar-refractivity contribution in [2.75, 3.05) is 10.8 Å². The van der Waals surface area contributed by atoms with E-state index in [-0.39, 0.29) is 28.9 Å². The Hall–Kier alpha value is -3.87. The molecule has 0 radical (unpaired) electrons. The van der Waals surface area contributed by atoms with E-state index in [4.69, 9.17) is 11.6 Å². The minimum absolute atomic E-state index is 0.0852. The lowest BCUT2D eigenvalue weighted by molar-refractivity contribution is -0.140. The summed E-state index contributed by atoms with van der Waals surface area (Å²) in [5.74, 6) is -1.21. The minimum Gasteiger partial charge on any atom is -0.352 e. The monoisotopic (exact) mass is 789 g/mol. The van der Waals surface area contributed by atoms with Gasteiger partial charge in [-0.15, -0.1) is 0 Å². The first-order valence-corrected chi connectivity index (χ1v) is 18.8. The van der Waals surface area contributed by atoms with Gasteiger partial charge >= 0.3 is 6.18 Å². The predicted molar refractivity (Wildman–Crippen MR) is 191 cm³/mol. The van der Waals surface area contributed by atoms with Crippen molar-refractivity contribution in [1.82, 2.24) is 10.2 Å². The summed E-state index contributed by atoms with van der Waals surface area (Å²) in [4.78, 5) is 29.9. The molecule has 1 saturated carbocycles. The molecule has 0 bridgehead atoms. The van der Waals surface area contributed by atoms with E-state index in [0.29, 0.717) is 15.9 Å². The molecule has 4 aromatic carbocycles. The molecule has 4 aromatic rings. The molecule has 1 aliphatic carbocycles. The Morgan fingerprint density at radius 2 is 1.48 bits per heavy atom. The summed E-state index contributed by atoms with van der Waals surface area (Å²) in [5, 5.41) is 2.82. The quantitative estimate of drug-likeness (QED) is 0.156. The van der Waals surface area contributed by atoms with E-state index in [1.165, 1.54) is 29.2 Å². The van der Waals surface area contributed by atoms with Crippen molar-refractivity contribution < 1.29 is 31.2 Å². The molecule has 0 spiro atoms. The van der Waals surface area contributed by atoms with Crippen LogP contribution < -0.4 is 9.62 Å². The van der Waals surface area contributed by atoms with E-state index < -0.39 is 51.9 Å². The van der Waals surface area contributed by atoms with Gasteiger partial charge in [0.2, 0.25) is 11.8 Å². The number of halogens is 5. The van der Waals surface area contributed by atoms with Crippen LogP contribution in [0.25, 0.3) is 0 Å². The Morgan fingerprint density at radius 1 is 0.860 bits per heavy atom. The van der Waals surface area contributed by atoms with E-state index in [2.05, 4.69) is 21.2 Å². The van der Waals surface area contributed by atoms with Gasteiger partial charge in [-0.05, 0) is 66.4 Å². The van der Waals surface area contributed by atoms with Crippen molar-refractivity contribution in [3.8, 4) is 0 Å². The first-order valence-electron chi connectivity index (χ1n) is 16.2. The zero-order chi connectivity index (χ0) is 35.9. The first-order chi connectivity index (χ1) is 23.8. The standard InChI is InChI=1S/C37H36BrClF3N3O4S/c38-29-19-16-27(17-20-29)24-44(34(22-26-10-4-1-5-11-26)36(47)43-30-12-6-2-7-13-30)35(46)25-45(50(48,49)31-14-8-3-9-15-31)33-23-28(37(40,41)42)18-21-32(33)39/h1,3-5,8-11,14-21,23,30,34H,2,6-7,12-13,22,24-25H2,(H,43,47). The van der Waals surface area contributed by atoms with Crippen molar-refractivity contribution in [1.29, 1.82) is 0 Å². The second kappa shape index (κ2) is 16.4. The topological polar surface area (TPSA) is 86.8 Å². The van der Waals surface area contributed by atoms with E-state index in [1.54, 1.807) is 30.3 Å². The van der Waals surface area contributed by atoms with Crippen LogP contribution in [0.2, 0.25) is 5.02 Å². The third-order valence-corrected chi connectivity index (χ3v) is 11.3. The maximum absolute atomic E-state index is 14.7. The molecule has 5 rings (SSSR count). The first kappa shape index (κ1) is 37.4. The number of rotatable bonds is 12. The smallest absolute Gasteiger partial charge is 0.352 e. The molecule has 1 N–H and O–H groups in total. The van der Waals surface area contributed by atoms with Crippen LogP contribution in [-0.2, 0) is 38.8 Å². The van der Waals surface area contributed by atoms with E-state index in [0.717, 1.165) is 54.3 Å². The number of benzene rings is 4. The highest BCUT2D eigenvalue weighted by molar-refractivity contribution is 9.10. The predicted octanol–water partition coefficient (Wildman–Crippen LogP) is 8.41. The van der Waals surface area contributed by atoms with Crippen molar-refractivity contribution in [2.45, 2.75) is 68.2 Å². The lowest BCUT2D eigenvalue weighted by Crippen LogP contribution is -2.55. The molecule has 0 heterocycles. The number of sulfonamides is 1. The summed E-state index contributed by atoms with van der Waals surface area (Å²) in [6, 6.07) is 24.4. The summed E-state index contributed by atoms with van der Waals surface area (Å²) in [6.45, 7) is -1.02. The second-order valence-electron chi connectivity index (χ2n) is 12.2. The van der Waals surface area contributed by atoms with Crippen LogP contribution >= 0.6 is 27.5 Å². The van der Waals surface area contributed by atoms with Crippen LogP contribution in [-0.4, -0.2) is 43.8 Å². The summed E-state index contributed by atoms with van der Waals surface area (Å²) in [7, 11) is -4.65. The third-order valence-electron chi connectivity index (χ3n) is 8.64. The zero-order valence-electron chi connectivity index (χ0n) is 27.0. The third kappa shape index (κ3) is 9.46. The van der Waals surface area contributed by atoms with Crippen LogP contribution in [0, 0.1) is 0 Å². The van der Waals surface area contributed by atoms with Gasteiger partial charge in [0.25, 0.3) is 10.0 Å². The Balaban J connectivity index is 1.61. The average molecular weight is 791 g/mol. The van der Waals surface area contributed by atoms with E-state index in [9.17, 15) is 31.2 Å². The lowest BCUT2D eigenvalue weighted by Gasteiger charge is -2.35. The van der Waals surface area contributed by atoms with Crippen molar-refractivity contribution in [2.24, 2.45) is 0 Å². The molecule has 0 saturated heterocycles. The van der Waals surface area contributed by atoms with Crippen LogP contribution in [0.3, 0.4) is 0 Å². The molecule has 1 atom stereocenters. The summed E-state index contributed by atoms with van der Waals surface area (Å²) in [5.41, 5.74) is -0.245. The highest BCUT2D eigenvalue weighted by Gasteiger charge is 2.38. The number of alkyl halides is 3. The molecule has 13 heteroatoms. The van der Waals surface area contributed by atoms with Crippen molar-refractivity contribution >= 4 is 55.1 Å². The van der Waals surface area contributed by atoms with Gasteiger partial charge in [0.15, 0.2) is 0 Å². The van der Waals surface area contributed by atoms with Gasteiger partial charge in [0, 0.05) is 23.5 Å². The summed E-state index contributed by atoms with van der Waals surface area (Å²) < 4.78 is 71.5. The number of hydrogen-bond acceptors (Lipinski definition) is 4. The number of carbonyl (C=O) groups excluding carboxylic acids is 2. The molecule has 264 valence electrons. The van der Waals surface area contributed by atoms with E-state index in [1.807, 2.05) is 30.3 Å². The zero-order valence-corrected chi connectivity index (χ0v) is 30.1. The molecule has 7 nitrogen and oxygen atoms in total. The second-order valence-corrected chi connectivity index (χ2v) is 15.4. The van der Waals surface area contributed by atoms with Gasteiger partial charge in [-0.1, -0.05) is 107 Å². The molecule has 1 fully saturated rings. The van der Waals surface area contributed by atoms with Crippen molar-refractivity contribution in [3.05, 3.63) is 129 Å². The van der Waals surface area contributed by atoms with Gasteiger partial charge in [0.1, 0.15) is 12.6 Å². The highest BCUT2D eigenvalue weighted by Crippen LogP contribution is 2.37. The molecule has 2 amide bonds. The van der Waals surface area contributed by atoms with Crippen LogP contribution in [0.1, 0.15) is 48.8 Å². The fourth-order valence-corrected chi connectivity index (χ4v) is 7.98. The summed E-state index contributed by atoms with van der Waals surface area (Å²) >= 11 is 9.81. The molecule has 1 unspecified atom stereocenters. The number of hydrogen-bond donors (Lipinski definition) is 1. The van der Waals surface area contributed by atoms with Crippen LogP contribution in [0.5, 0.6) is 0 Å². The molecular weight excluding hydrogens is 755 g/mol. The normalized spacial score (nSPS) is 14.5. The van der Waals surface area contributed by atoms with Gasteiger partial charge in [-0.2, -0.15) is 13.2 Å². The number of carbonyl (C=O) groups is 2. The van der Waals surface area contributed by atoms with Crippen LogP contribution in [0.4, 0.5) is 18.9 Å². The van der Waals surface area contributed by atoms with Gasteiger partial charge in [-0.25, -0.2) is 8.42 Å².